The van der Waals surface area contributed by atoms with E-state index < -0.39 is 12.0 Å². The summed E-state index contributed by atoms with van der Waals surface area (Å²) >= 11 is 5.25. The molecule has 0 saturated heterocycles. The summed E-state index contributed by atoms with van der Waals surface area (Å²) in [7, 11) is 0. The monoisotopic (exact) mass is 353 g/mol. The van der Waals surface area contributed by atoms with E-state index in [9.17, 15) is 9.90 Å². The molecule has 4 N–H and O–H groups in total. The quantitative estimate of drug-likeness (QED) is 0.513. The van der Waals surface area contributed by atoms with Crippen LogP contribution in [0.1, 0.15) is 11.1 Å². The number of aliphatic carboxylic acids is 1. The van der Waals surface area contributed by atoms with Gasteiger partial charge in [0.05, 0.1) is 0 Å². The third-order valence-corrected chi connectivity index (χ3v) is 4.26. The van der Waals surface area contributed by atoms with Gasteiger partial charge in [0.2, 0.25) is 0 Å². The molecule has 0 amide bonds. The predicted molar refractivity (Wildman–Crippen MR) is 102 cm³/mol. The fraction of sp³-hybridized carbons (Fsp3) is 0.158. The van der Waals surface area contributed by atoms with Crippen LogP contribution in [0.15, 0.2) is 60.8 Å². The van der Waals surface area contributed by atoms with Crippen LogP contribution < -0.4 is 10.6 Å². The van der Waals surface area contributed by atoms with Gasteiger partial charge in [-0.15, -0.1) is 0 Å². The van der Waals surface area contributed by atoms with Gasteiger partial charge in [-0.2, -0.15) is 0 Å². The molecular formula is C19H19N3O2S. The molecule has 3 aromatic rings. The summed E-state index contributed by atoms with van der Waals surface area (Å²) in [5.74, 6) is -0.936. The molecule has 128 valence electrons. The fourth-order valence-corrected chi connectivity index (χ4v) is 2.92. The number of thiocarbonyl (C=S) groups is 1. The summed E-state index contributed by atoms with van der Waals surface area (Å²) in [5.41, 5.74) is 3.02. The number of hydrogen-bond acceptors (Lipinski definition) is 2. The minimum atomic E-state index is -0.936. The summed E-state index contributed by atoms with van der Waals surface area (Å²) < 4.78 is 0. The molecule has 0 aliphatic rings. The van der Waals surface area contributed by atoms with Gasteiger partial charge >= 0.3 is 5.97 Å². The molecule has 0 bridgehead atoms. The molecule has 0 saturated carbocycles. The van der Waals surface area contributed by atoms with E-state index in [2.05, 4.69) is 15.6 Å². The number of carboxylic acid groups (broad SMARTS) is 1. The van der Waals surface area contributed by atoms with E-state index in [1.54, 1.807) is 0 Å². The maximum Gasteiger partial charge on any atom is 0.326 e. The van der Waals surface area contributed by atoms with Crippen LogP contribution in [0.5, 0.6) is 0 Å². The molecule has 6 heteroatoms. The SMILES string of the molecule is O=C(O)[C@@H](Cc1c[nH]c2ccccc12)NC(=S)NCc1ccccc1. The van der Waals surface area contributed by atoms with Gasteiger partial charge in [0, 0.05) is 30.1 Å². The number of aromatic amines is 1. The number of carbonyl (C=O) groups is 1. The van der Waals surface area contributed by atoms with Crippen molar-refractivity contribution in [1.82, 2.24) is 15.6 Å². The first-order chi connectivity index (χ1) is 12.1. The van der Waals surface area contributed by atoms with Crippen LogP contribution in [-0.2, 0) is 17.8 Å². The number of aromatic nitrogens is 1. The van der Waals surface area contributed by atoms with Crippen molar-refractivity contribution >= 4 is 34.2 Å². The second-order valence-corrected chi connectivity index (χ2v) is 6.18. The maximum absolute atomic E-state index is 11.6. The number of H-pyrrole nitrogens is 1. The Morgan fingerprint density at radius 1 is 1.12 bits per heavy atom. The minimum Gasteiger partial charge on any atom is -0.480 e. The zero-order chi connectivity index (χ0) is 17.6. The van der Waals surface area contributed by atoms with Crippen LogP contribution in [0, 0.1) is 0 Å². The highest BCUT2D eigenvalue weighted by molar-refractivity contribution is 7.80. The lowest BCUT2D eigenvalue weighted by Gasteiger charge is -2.17. The van der Waals surface area contributed by atoms with Crippen molar-refractivity contribution in [1.29, 1.82) is 0 Å². The average molecular weight is 353 g/mol. The van der Waals surface area contributed by atoms with Gasteiger partial charge in [-0.05, 0) is 29.4 Å². The number of nitrogens with one attached hydrogen (secondary N) is 3. The van der Waals surface area contributed by atoms with Crippen molar-refractivity contribution in [3.63, 3.8) is 0 Å². The lowest BCUT2D eigenvalue weighted by Crippen LogP contribution is -2.46. The maximum atomic E-state index is 11.6. The van der Waals surface area contributed by atoms with Crippen molar-refractivity contribution in [2.24, 2.45) is 0 Å². The van der Waals surface area contributed by atoms with E-state index in [-0.39, 0.29) is 0 Å². The topological polar surface area (TPSA) is 77.1 Å². The molecule has 0 fully saturated rings. The van der Waals surface area contributed by atoms with E-state index in [1.807, 2.05) is 60.8 Å². The summed E-state index contributed by atoms with van der Waals surface area (Å²) in [6.07, 6.45) is 2.19. The molecule has 1 atom stereocenters. The Morgan fingerprint density at radius 2 is 1.84 bits per heavy atom. The smallest absolute Gasteiger partial charge is 0.326 e. The van der Waals surface area contributed by atoms with Gasteiger partial charge in [0.25, 0.3) is 0 Å². The molecule has 0 aliphatic heterocycles. The number of benzene rings is 2. The standard InChI is InChI=1S/C19H19N3O2S/c23-18(24)17(10-14-12-20-16-9-5-4-8-15(14)16)22-19(25)21-11-13-6-2-1-3-7-13/h1-9,12,17,20H,10-11H2,(H,23,24)(H2,21,22,25)/t17-/m1/s1. The van der Waals surface area contributed by atoms with Gasteiger partial charge in [0.1, 0.15) is 6.04 Å². The van der Waals surface area contributed by atoms with Gasteiger partial charge in [-0.25, -0.2) is 4.79 Å². The number of hydrogen-bond donors (Lipinski definition) is 4. The van der Waals surface area contributed by atoms with Crippen LogP contribution in [0.4, 0.5) is 0 Å². The number of para-hydroxylation sites is 1. The van der Waals surface area contributed by atoms with Crippen LogP contribution in [0.2, 0.25) is 0 Å². The van der Waals surface area contributed by atoms with E-state index in [0.29, 0.717) is 18.1 Å². The van der Waals surface area contributed by atoms with E-state index >= 15 is 0 Å². The van der Waals surface area contributed by atoms with Gasteiger partial charge in [-0.3, -0.25) is 0 Å². The van der Waals surface area contributed by atoms with Crippen LogP contribution in [0.3, 0.4) is 0 Å². The lowest BCUT2D eigenvalue weighted by atomic mass is 10.1. The lowest BCUT2D eigenvalue weighted by molar-refractivity contribution is -0.139. The number of fused-ring (bicyclic) bond motifs is 1. The Labute approximate surface area is 151 Å². The normalized spacial score (nSPS) is 11.8. The van der Waals surface area contributed by atoms with E-state index in [0.717, 1.165) is 22.0 Å². The second kappa shape index (κ2) is 7.81. The van der Waals surface area contributed by atoms with Crippen molar-refractivity contribution in [2.45, 2.75) is 19.0 Å². The molecule has 1 aromatic heterocycles. The molecule has 25 heavy (non-hydrogen) atoms. The average Bonchev–Trinajstić information content (AvgIpc) is 3.03. The van der Waals surface area contributed by atoms with Gasteiger partial charge in [0.15, 0.2) is 5.11 Å². The Hall–Kier alpha value is -2.86. The molecule has 0 radical (unpaired) electrons. The molecule has 3 rings (SSSR count). The molecule has 5 nitrogen and oxygen atoms in total. The first kappa shape index (κ1) is 17.0. The summed E-state index contributed by atoms with van der Waals surface area (Å²) in [5, 5.41) is 16.8. The van der Waals surface area contributed by atoms with Crippen molar-refractivity contribution in [2.75, 3.05) is 0 Å². The highest BCUT2D eigenvalue weighted by atomic mass is 32.1. The second-order valence-electron chi connectivity index (χ2n) is 5.77. The number of carboxylic acids is 1. The van der Waals surface area contributed by atoms with Crippen molar-refractivity contribution in [3.05, 3.63) is 71.9 Å². The van der Waals surface area contributed by atoms with Gasteiger partial charge < -0.3 is 20.7 Å². The summed E-state index contributed by atoms with van der Waals surface area (Å²) in [6, 6.07) is 16.8. The van der Waals surface area contributed by atoms with Crippen LogP contribution in [-0.4, -0.2) is 27.2 Å². The Bertz CT molecular complexity index is 877. The molecule has 2 aromatic carbocycles. The zero-order valence-corrected chi connectivity index (χ0v) is 14.3. The molecule has 0 spiro atoms. The minimum absolute atomic E-state index is 0.330. The van der Waals surface area contributed by atoms with Crippen LogP contribution >= 0.6 is 12.2 Å². The van der Waals surface area contributed by atoms with Crippen molar-refractivity contribution < 1.29 is 9.90 Å². The summed E-state index contributed by atoms with van der Waals surface area (Å²) in [4.78, 5) is 14.8. The first-order valence-electron chi connectivity index (χ1n) is 7.99. The van der Waals surface area contributed by atoms with Gasteiger partial charge in [-0.1, -0.05) is 48.5 Å². The predicted octanol–water partition coefficient (Wildman–Crippen LogP) is 2.83. The molecule has 0 unspecified atom stereocenters. The largest absolute Gasteiger partial charge is 0.480 e. The highest BCUT2D eigenvalue weighted by Crippen LogP contribution is 2.19. The van der Waals surface area contributed by atoms with E-state index in [4.69, 9.17) is 12.2 Å². The summed E-state index contributed by atoms with van der Waals surface area (Å²) in [6.45, 7) is 0.548. The zero-order valence-electron chi connectivity index (χ0n) is 13.5. The Morgan fingerprint density at radius 3 is 2.60 bits per heavy atom. The third kappa shape index (κ3) is 4.36. The Balaban J connectivity index is 1.63. The third-order valence-electron chi connectivity index (χ3n) is 4.00. The first-order valence-corrected chi connectivity index (χ1v) is 8.40. The van der Waals surface area contributed by atoms with E-state index in [1.165, 1.54) is 0 Å². The van der Waals surface area contributed by atoms with Crippen LogP contribution in [0.25, 0.3) is 10.9 Å². The highest BCUT2D eigenvalue weighted by Gasteiger charge is 2.20. The molecular weight excluding hydrogens is 334 g/mol. The fourth-order valence-electron chi connectivity index (χ4n) is 2.71. The van der Waals surface area contributed by atoms with Crippen molar-refractivity contribution in [3.8, 4) is 0 Å². The molecule has 0 aliphatic carbocycles. The molecule has 1 heterocycles. The number of rotatable bonds is 6. The Kier molecular flexibility index (Phi) is 5.30.